The summed E-state index contributed by atoms with van der Waals surface area (Å²) in [6, 6.07) is 3.46. The maximum atomic E-state index is 13.0. The van der Waals surface area contributed by atoms with Gasteiger partial charge in [0.05, 0.1) is 62.9 Å². The van der Waals surface area contributed by atoms with Crippen molar-refractivity contribution in [3.05, 3.63) is 29.3 Å². The number of nitrogens with zero attached hydrogens (tertiary/aromatic N) is 1. The van der Waals surface area contributed by atoms with E-state index in [1.54, 1.807) is 6.07 Å². The molecule has 1 aromatic carbocycles. The first-order valence-electron chi connectivity index (χ1n) is 10.9. The summed E-state index contributed by atoms with van der Waals surface area (Å²) in [5, 5.41) is 4.79. The smallest absolute Gasteiger partial charge is 0.264 e. The Morgan fingerprint density at radius 3 is 2.35 bits per heavy atom. The van der Waals surface area contributed by atoms with E-state index in [0.29, 0.717) is 33.0 Å². The summed E-state index contributed by atoms with van der Waals surface area (Å²) in [6.45, 7) is 2.55. The van der Waals surface area contributed by atoms with Crippen LogP contribution in [0.15, 0.2) is 18.2 Å². The predicted molar refractivity (Wildman–Crippen MR) is 128 cm³/mol. The maximum Gasteiger partial charge on any atom is 0.264 e. The minimum absolute atomic E-state index is 0.0321. The second-order valence-corrected chi connectivity index (χ2v) is 8.58. The highest BCUT2D eigenvalue weighted by atomic mass is 127. The number of imide groups is 2. The Kier molecular flexibility index (Phi) is 9.92. The quantitative estimate of drug-likeness (QED) is 0.150. The van der Waals surface area contributed by atoms with Gasteiger partial charge in [-0.2, -0.15) is 0 Å². The summed E-state index contributed by atoms with van der Waals surface area (Å²) in [5.41, 5.74) is 0.318. The van der Waals surface area contributed by atoms with Crippen molar-refractivity contribution in [2.45, 2.75) is 25.3 Å². The van der Waals surface area contributed by atoms with E-state index in [1.807, 2.05) is 0 Å². The molecule has 34 heavy (non-hydrogen) atoms. The summed E-state index contributed by atoms with van der Waals surface area (Å²) < 4.78 is 17.0. The molecular weight excluding hydrogens is 561 g/mol. The first-order valence-corrected chi connectivity index (χ1v) is 12.4. The number of nitrogens with one attached hydrogen (secondary N) is 2. The summed E-state index contributed by atoms with van der Waals surface area (Å²) in [7, 11) is 0. The molecule has 2 heterocycles. The topological polar surface area (TPSA) is 140 Å². The first kappa shape index (κ1) is 26.2. The highest BCUT2D eigenvalue weighted by Gasteiger charge is 2.45. The van der Waals surface area contributed by atoms with Crippen LogP contribution in [0.5, 0.6) is 0 Å². The van der Waals surface area contributed by atoms with Crippen LogP contribution in [0.3, 0.4) is 0 Å². The maximum absolute atomic E-state index is 13.0. The second kappa shape index (κ2) is 12.9. The van der Waals surface area contributed by atoms with Gasteiger partial charge < -0.3 is 19.5 Å². The molecule has 0 radical (unpaired) electrons. The third kappa shape index (κ3) is 6.58. The lowest BCUT2D eigenvalue weighted by Gasteiger charge is -2.27. The lowest BCUT2D eigenvalue weighted by atomic mass is 10.0. The van der Waals surface area contributed by atoms with Crippen molar-refractivity contribution in [3.8, 4) is 0 Å². The number of carbonyl (C=O) groups excluding carboxylic acids is 5. The molecule has 1 saturated heterocycles. The van der Waals surface area contributed by atoms with Crippen molar-refractivity contribution in [3.63, 3.8) is 0 Å². The molecule has 2 N–H and O–H groups in total. The van der Waals surface area contributed by atoms with Gasteiger partial charge in [-0.15, -0.1) is 0 Å². The van der Waals surface area contributed by atoms with Gasteiger partial charge in [0.25, 0.3) is 11.8 Å². The molecule has 12 heteroatoms. The van der Waals surface area contributed by atoms with E-state index in [1.165, 1.54) is 12.1 Å². The van der Waals surface area contributed by atoms with Gasteiger partial charge in [0.2, 0.25) is 17.7 Å². The highest BCUT2D eigenvalue weighted by Crippen LogP contribution is 2.32. The van der Waals surface area contributed by atoms with Gasteiger partial charge in [0.1, 0.15) is 6.04 Å². The standard InChI is InChI=1S/C22H26IN3O8/c23-7-9-33-11-13-34-12-10-32-8-6-18(28)24-15-3-1-2-14-19(15)22(31)26(21(14)30)16-4-5-17(27)25-20(16)29/h1-3,16H,4-13H2,(H,24,28)(H,25,27,29). The van der Waals surface area contributed by atoms with Crippen LogP contribution < -0.4 is 10.6 Å². The van der Waals surface area contributed by atoms with E-state index in [4.69, 9.17) is 14.2 Å². The first-order chi connectivity index (χ1) is 16.4. The fraction of sp³-hybridized carbons (Fsp3) is 0.500. The molecule has 0 saturated carbocycles. The minimum Gasteiger partial charge on any atom is -0.379 e. The van der Waals surface area contributed by atoms with Crippen LogP contribution in [0.25, 0.3) is 0 Å². The van der Waals surface area contributed by atoms with E-state index in [9.17, 15) is 24.0 Å². The highest BCUT2D eigenvalue weighted by molar-refractivity contribution is 14.1. The molecule has 5 amide bonds. The van der Waals surface area contributed by atoms with Crippen molar-refractivity contribution < 1.29 is 38.2 Å². The van der Waals surface area contributed by atoms with Crippen molar-refractivity contribution in [2.75, 3.05) is 49.4 Å². The van der Waals surface area contributed by atoms with Crippen molar-refractivity contribution in [1.29, 1.82) is 0 Å². The second-order valence-electron chi connectivity index (χ2n) is 7.50. The van der Waals surface area contributed by atoms with Crippen molar-refractivity contribution in [1.82, 2.24) is 10.2 Å². The van der Waals surface area contributed by atoms with Crippen molar-refractivity contribution in [2.24, 2.45) is 0 Å². The molecule has 0 bridgehead atoms. The fourth-order valence-corrected chi connectivity index (χ4v) is 3.90. The lowest BCUT2D eigenvalue weighted by molar-refractivity contribution is -0.136. The van der Waals surface area contributed by atoms with Crippen LogP contribution in [-0.2, 0) is 28.6 Å². The Balaban J connectivity index is 1.48. The van der Waals surface area contributed by atoms with Crippen LogP contribution in [0.4, 0.5) is 5.69 Å². The molecule has 2 aliphatic heterocycles. The lowest BCUT2D eigenvalue weighted by Crippen LogP contribution is -2.54. The van der Waals surface area contributed by atoms with Gasteiger partial charge in [0, 0.05) is 10.8 Å². The molecule has 1 atom stereocenters. The van der Waals surface area contributed by atoms with E-state index in [2.05, 4.69) is 33.2 Å². The molecule has 1 aromatic rings. The van der Waals surface area contributed by atoms with Crippen molar-refractivity contribution >= 4 is 57.8 Å². The average Bonchev–Trinajstić information content (AvgIpc) is 3.06. The molecule has 0 spiro atoms. The largest absolute Gasteiger partial charge is 0.379 e. The third-order valence-corrected chi connectivity index (χ3v) is 5.62. The number of rotatable bonds is 13. The molecule has 0 aliphatic carbocycles. The Morgan fingerprint density at radius 2 is 1.68 bits per heavy atom. The van der Waals surface area contributed by atoms with Crippen LogP contribution >= 0.6 is 22.6 Å². The SMILES string of the molecule is O=C1CCC(N2C(=O)c3cccc(NC(=O)CCOCCOCCOCCI)c3C2=O)C(=O)N1. The molecule has 0 aromatic heterocycles. The van der Waals surface area contributed by atoms with E-state index in [-0.39, 0.29) is 48.6 Å². The molecule has 2 aliphatic rings. The Morgan fingerprint density at radius 1 is 1.00 bits per heavy atom. The molecule has 184 valence electrons. The normalized spacial score (nSPS) is 17.7. The number of amides is 5. The van der Waals surface area contributed by atoms with E-state index in [0.717, 1.165) is 9.33 Å². The number of anilines is 1. The fourth-order valence-electron chi connectivity index (χ4n) is 3.59. The molecule has 3 rings (SSSR count). The zero-order valence-electron chi connectivity index (χ0n) is 18.5. The van der Waals surface area contributed by atoms with Gasteiger partial charge in [-0.05, 0) is 18.6 Å². The summed E-state index contributed by atoms with van der Waals surface area (Å²) >= 11 is 2.23. The van der Waals surface area contributed by atoms with Crippen LogP contribution in [0.2, 0.25) is 0 Å². The molecule has 1 unspecified atom stereocenters. The molecular formula is C22H26IN3O8. The summed E-state index contributed by atoms with van der Waals surface area (Å²) in [5.74, 6) is -2.83. The van der Waals surface area contributed by atoms with Gasteiger partial charge in [0.15, 0.2) is 0 Å². The number of fused-ring (bicyclic) bond motifs is 1. The van der Waals surface area contributed by atoms with Gasteiger partial charge in [-0.1, -0.05) is 28.7 Å². The Hall–Kier alpha value is -2.42. The molecule has 11 nitrogen and oxygen atoms in total. The number of piperidine rings is 1. The summed E-state index contributed by atoms with van der Waals surface area (Å²) in [6.07, 6.45) is 0.135. The van der Waals surface area contributed by atoms with Gasteiger partial charge in [-0.25, -0.2) is 0 Å². The average molecular weight is 587 g/mol. The van der Waals surface area contributed by atoms with Crippen LogP contribution in [-0.4, -0.2) is 84.5 Å². The van der Waals surface area contributed by atoms with Crippen LogP contribution in [0, 0.1) is 0 Å². The zero-order chi connectivity index (χ0) is 24.5. The van der Waals surface area contributed by atoms with Gasteiger partial charge >= 0.3 is 0 Å². The van der Waals surface area contributed by atoms with E-state index < -0.39 is 29.7 Å². The zero-order valence-corrected chi connectivity index (χ0v) is 20.6. The third-order valence-electron chi connectivity index (χ3n) is 5.18. The van der Waals surface area contributed by atoms with Gasteiger partial charge in [-0.3, -0.25) is 34.2 Å². The summed E-state index contributed by atoms with van der Waals surface area (Å²) in [4.78, 5) is 62.7. The number of benzene rings is 1. The predicted octanol–water partition coefficient (Wildman–Crippen LogP) is 0.901. The Labute approximate surface area is 210 Å². The number of alkyl halides is 1. The minimum atomic E-state index is -1.07. The number of hydrogen-bond donors (Lipinski definition) is 2. The monoisotopic (exact) mass is 587 g/mol. The number of hydrogen-bond acceptors (Lipinski definition) is 8. The molecule has 1 fully saturated rings. The number of carbonyl (C=O) groups is 5. The number of ether oxygens (including phenoxy) is 3. The van der Waals surface area contributed by atoms with Crippen LogP contribution in [0.1, 0.15) is 40.0 Å². The number of halogens is 1. The van der Waals surface area contributed by atoms with E-state index >= 15 is 0 Å². The Bertz CT molecular complexity index is 954.